The molecule has 1 aliphatic carbocycles. The number of hydrogen-bond donors (Lipinski definition) is 1. The predicted octanol–water partition coefficient (Wildman–Crippen LogP) is 5.38. The lowest BCUT2D eigenvalue weighted by Crippen LogP contribution is -2.46. The van der Waals surface area contributed by atoms with Crippen molar-refractivity contribution in [3.8, 4) is 5.69 Å². The van der Waals surface area contributed by atoms with Gasteiger partial charge in [0, 0.05) is 48.2 Å². The lowest BCUT2D eigenvalue weighted by atomic mass is 9.84. The molecular weight excluding hydrogens is 545 g/mol. The van der Waals surface area contributed by atoms with Crippen LogP contribution in [0.4, 0.5) is 16.0 Å². The van der Waals surface area contributed by atoms with Gasteiger partial charge in [-0.3, -0.25) is 14.0 Å². The van der Waals surface area contributed by atoms with Crippen molar-refractivity contribution in [2.75, 3.05) is 11.9 Å². The van der Waals surface area contributed by atoms with E-state index in [9.17, 15) is 14.0 Å². The smallest absolute Gasteiger partial charge is 0.270 e. The van der Waals surface area contributed by atoms with Crippen LogP contribution in [0.3, 0.4) is 0 Å². The second kappa shape index (κ2) is 8.84. The lowest BCUT2D eigenvalue weighted by Gasteiger charge is -2.38. The molecule has 3 aromatic heterocycles. The van der Waals surface area contributed by atoms with E-state index >= 15 is 0 Å². The molecule has 0 bridgehead atoms. The van der Waals surface area contributed by atoms with Crippen molar-refractivity contribution in [2.24, 2.45) is 5.41 Å². The van der Waals surface area contributed by atoms with Gasteiger partial charge in [0.05, 0.1) is 5.02 Å². The molecule has 0 radical (unpaired) electrons. The molecule has 5 aromatic rings. The van der Waals surface area contributed by atoms with Crippen molar-refractivity contribution < 1.29 is 9.18 Å². The Bertz CT molecular complexity index is 1930. The van der Waals surface area contributed by atoms with E-state index in [-0.39, 0.29) is 39.1 Å². The van der Waals surface area contributed by atoms with Crippen LogP contribution >= 0.6 is 11.6 Å². The highest BCUT2D eigenvalue weighted by molar-refractivity contribution is 6.32. The molecule has 1 saturated carbocycles. The van der Waals surface area contributed by atoms with Crippen LogP contribution in [-0.4, -0.2) is 41.3 Å². The van der Waals surface area contributed by atoms with Crippen LogP contribution in [0.1, 0.15) is 44.7 Å². The molecule has 1 N–H and O–H groups in total. The minimum atomic E-state index is -0.647. The summed E-state index contributed by atoms with van der Waals surface area (Å²) in [6, 6.07) is 10.4. The highest BCUT2D eigenvalue weighted by Crippen LogP contribution is 2.53. The number of hydrogen-bond acceptors (Lipinski definition) is 6. The maximum Gasteiger partial charge on any atom is 0.270 e. The Morgan fingerprint density at radius 2 is 1.95 bits per heavy atom. The van der Waals surface area contributed by atoms with E-state index in [1.165, 1.54) is 36.2 Å². The molecule has 1 spiro atoms. The zero-order chi connectivity index (χ0) is 28.7. The molecule has 0 atom stereocenters. The zero-order valence-electron chi connectivity index (χ0n) is 22.8. The van der Waals surface area contributed by atoms with Gasteiger partial charge in [-0.15, -0.1) is 0 Å². The minimum Gasteiger partial charge on any atom is -0.337 e. The van der Waals surface area contributed by atoms with E-state index in [0.29, 0.717) is 12.2 Å². The van der Waals surface area contributed by atoms with Crippen molar-refractivity contribution in [2.45, 2.75) is 45.6 Å². The number of rotatable bonds is 3. The largest absolute Gasteiger partial charge is 0.337 e. The Morgan fingerprint density at radius 1 is 1.15 bits per heavy atom. The zero-order valence-corrected chi connectivity index (χ0v) is 23.5. The number of aromatic nitrogens is 5. The van der Waals surface area contributed by atoms with Crippen molar-refractivity contribution in [1.29, 1.82) is 0 Å². The monoisotopic (exact) mass is 571 g/mol. The van der Waals surface area contributed by atoms with Gasteiger partial charge in [-0.1, -0.05) is 44.5 Å². The van der Waals surface area contributed by atoms with Gasteiger partial charge in [0.1, 0.15) is 16.9 Å². The standard InChI is InChI=1S/C30H27ClFN7O2/c1-29(2,3)26(41)37-15-17-13-18(7-8-20(17)30(16-37)9-10-30)35-27-34-14-19-24(36-27)38-12-11-33-28(38)39(25(19)40)23-21(31)5-4-6-22(23)32/h4-8,11-14H,9-10,15-16H2,1-3H3,(H,34,35,36). The molecule has 4 heterocycles. The molecule has 2 aromatic carbocycles. The summed E-state index contributed by atoms with van der Waals surface area (Å²) in [7, 11) is 0. The third-order valence-electron chi connectivity index (χ3n) is 7.98. The fourth-order valence-corrected chi connectivity index (χ4v) is 6.11. The Morgan fingerprint density at radius 3 is 2.68 bits per heavy atom. The number of benzene rings is 2. The van der Waals surface area contributed by atoms with Gasteiger partial charge in [-0.25, -0.2) is 18.9 Å². The van der Waals surface area contributed by atoms with Crippen LogP contribution < -0.4 is 10.9 Å². The van der Waals surface area contributed by atoms with Crippen LogP contribution in [0.15, 0.2) is 59.8 Å². The number of carbonyl (C=O) groups excluding carboxylic acids is 1. The van der Waals surface area contributed by atoms with Crippen LogP contribution in [0.25, 0.3) is 22.5 Å². The van der Waals surface area contributed by atoms with E-state index in [4.69, 9.17) is 11.6 Å². The number of fused-ring (bicyclic) bond motifs is 5. The Labute approximate surface area is 239 Å². The molecule has 1 aliphatic heterocycles. The normalized spacial score (nSPS) is 15.9. The molecule has 11 heteroatoms. The number of para-hydroxylation sites is 1. The molecule has 41 heavy (non-hydrogen) atoms. The van der Waals surface area contributed by atoms with E-state index in [1.807, 2.05) is 31.7 Å². The summed E-state index contributed by atoms with van der Waals surface area (Å²) in [5.74, 6) is -0.0390. The number of carbonyl (C=O) groups is 1. The summed E-state index contributed by atoms with van der Waals surface area (Å²) >= 11 is 6.29. The molecule has 1 amide bonds. The van der Waals surface area contributed by atoms with E-state index < -0.39 is 16.8 Å². The molecular formula is C30H27ClFN7O2. The van der Waals surface area contributed by atoms with E-state index in [2.05, 4.69) is 32.4 Å². The summed E-state index contributed by atoms with van der Waals surface area (Å²) in [4.78, 5) is 42.0. The van der Waals surface area contributed by atoms with Gasteiger partial charge in [-0.2, -0.15) is 4.98 Å². The van der Waals surface area contributed by atoms with Gasteiger partial charge in [0.25, 0.3) is 5.56 Å². The van der Waals surface area contributed by atoms with Gasteiger partial charge in [-0.05, 0) is 48.2 Å². The van der Waals surface area contributed by atoms with Gasteiger partial charge >= 0.3 is 0 Å². The van der Waals surface area contributed by atoms with Crippen molar-refractivity contribution in [1.82, 2.24) is 28.8 Å². The molecule has 0 unspecified atom stereocenters. The summed E-state index contributed by atoms with van der Waals surface area (Å²) < 4.78 is 17.6. The van der Waals surface area contributed by atoms with Crippen molar-refractivity contribution in [3.05, 3.63) is 87.3 Å². The number of amides is 1. The third kappa shape index (κ3) is 4.08. The molecule has 1 fully saturated rings. The summed E-state index contributed by atoms with van der Waals surface area (Å²) in [5, 5.41) is 3.52. The number of halogens is 2. The van der Waals surface area contributed by atoms with Crippen LogP contribution in [-0.2, 0) is 16.8 Å². The van der Waals surface area contributed by atoms with Crippen LogP contribution in [0.5, 0.6) is 0 Å². The topological polar surface area (TPSA) is 97.4 Å². The van der Waals surface area contributed by atoms with Crippen LogP contribution in [0.2, 0.25) is 5.02 Å². The third-order valence-corrected chi connectivity index (χ3v) is 8.29. The number of anilines is 2. The number of nitrogens with zero attached hydrogens (tertiary/aromatic N) is 6. The van der Waals surface area contributed by atoms with Crippen LogP contribution in [0, 0.1) is 11.2 Å². The highest BCUT2D eigenvalue weighted by atomic mass is 35.5. The summed E-state index contributed by atoms with van der Waals surface area (Å²) in [6.45, 7) is 7.17. The van der Waals surface area contributed by atoms with Gasteiger partial charge < -0.3 is 10.2 Å². The second-order valence-electron chi connectivity index (χ2n) is 11.9. The molecule has 208 valence electrons. The van der Waals surface area contributed by atoms with E-state index in [0.717, 1.165) is 35.2 Å². The fraction of sp³-hybridized carbons (Fsp3) is 0.300. The summed E-state index contributed by atoms with van der Waals surface area (Å²) in [6.07, 6.45) is 6.72. The first-order chi connectivity index (χ1) is 19.6. The molecule has 7 rings (SSSR count). The second-order valence-corrected chi connectivity index (χ2v) is 12.3. The quantitative estimate of drug-likeness (QED) is 0.312. The van der Waals surface area contributed by atoms with E-state index in [1.54, 1.807) is 10.6 Å². The summed E-state index contributed by atoms with van der Waals surface area (Å²) in [5.41, 5.74) is 2.48. The number of nitrogens with one attached hydrogen (secondary N) is 1. The maximum absolute atomic E-state index is 14.8. The average molecular weight is 572 g/mol. The number of imidazole rings is 1. The van der Waals surface area contributed by atoms with Crippen molar-refractivity contribution in [3.63, 3.8) is 0 Å². The Kier molecular flexibility index (Phi) is 5.53. The highest BCUT2D eigenvalue weighted by Gasteiger charge is 2.50. The molecule has 0 saturated heterocycles. The Balaban J connectivity index is 1.27. The first-order valence-electron chi connectivity index (χ1n) is 13.4. The lowest BCUT2D eigenvalue weighted by molar-refractivity contribution is -0.141. The Hall–Kier alpha value is -4.31. The molecule has 9 nitrogen and oxygen atoms in total. The molecule has 2 aliphatic rings. The van der Waals surface area contributed by atoms with Gasteiger partial charge in [0.15, 0.2) is 5.65 Å². The average Bonchev–Trinajstić information content (AvgIpc) is 3.51. The first-order valence-corrected chi connectivity index (χ1v) is 13.8. The minimum absolute atomic E-state index is 0.0422. The first kappa shape index (κ1) is 25.6. The SMILES string of the molecule is CC(C)(C)C(=O)N1Cc2cc(Nc3ncc4c(=O)n(-c5c(F)cccc5Cl)c5nccn5c4n3)ccc2C2(CC2)C1. The maximum atomic E-state index is 14.8. The fourth-order valence-electron chi connectivity index (χ4n) is 5.87. The van der Waals surface area contributed by atoms with Gasteiger partial charge in [0.2, 0.25) is 17.6 Å². The predicted molar refractivity (Wildman–Crippen MR) is 154 cm³/mol. The van der Waals surface area contributed by atoms with Crippen molar-refractivity contribution >= 4 is 46.0 Å².